The summed E-state index contributed by atoms with van der Waals surface area (Å²) in [5.74, 6) is 0. The van der Waals surface area contributed by atoms with Crippen LogP contribution >= 0.6 is 9.24 Å². The molecular formula is C9H23N2P. The van der Waals surface area contributed by atoms with Gasteiger partial charge in [0.1, 0.15) is 0 Å². The van der Waals surface area contributed by atoms with E-state index in [4.69, 9.17) is 0 Å². The Morgan fingerprint density at radius 3 is 1.75 bits per heavy atom. The molecule has 3 atom stereocenters. The van der Waals surface area contributed by atoms with Gasteiger partial charge < -0.3 is 5.32 Å². The van der Waals surface area contributed by atoms with Crippen LogP contribution in [0.25, 0.3) is 0 Å². The van der Waals surface area contributed by atoms with Crippen molar-refractivity contribution >= 4 is 9.24 Å². The first-order chi connectivity index (χ1) is 5.88. The molecule has 3 fully saturated rings. The van der Waals surface area contributed by atoms with Crippen LogP contribution in [-0.2, 0) is 0 Å². The normalized spacial score (nSPS) is 31.8. The van der Waals surface area contributed by atoms with Crippen LogP contribution in [0.4, 0.5) is 0 Å². The Kier molecular flexibility index (Phi) is 7.02. The molecule has 0 aliphatic carbocycles. The molecule has 0 aromatic carbocycles. The highest BCUT2D eigenvalue weighted by Crippen LogP contribution is 2.25. The number of nitrogens with zero attached hydrogens (tertiary/aromatic N) is 1. The lowest BCUT2D eigenvalue weighted by atomic mass is 9.90. The van der Waals surface area contributed by atoms with Gasteiger partial charge in [-0.1, -0.05) is 20.5 Å². The molecule has 3 heterocycles. The molecule has 3 unspecified atom stereocenters. The quantitative estimate of drug-likeness (QED) is 0.577. The van der Waals surface area contributed by atoms with Crippen molar-refractivity contribution in [3.8, 4) is 0 Å². The van der Waals surface area contributed by atoms with Crippen LogP contribution in [0.3, 0.4) is 0 Å². The fourth-order valence-electron chi connectivity index (χ4n) is 1.68. The molecule has 0 radical (unpaired) electrons. The Balaban J connectivity index is 0.000000269. The molecule has 0 saturated carbocycles. The van der Waals surface area contributed by atoms with Crippen LogP contribution in [0.15, 0.2) is 0 Å². The first-order valence-electron chi connectivity index (χ1n) is 4.88. The lowest BCUT2D eigenvalue weighted by Gasteiger charge is -2.51. The summed E-state index contributed by atoms with van der Waals surface area (Å²) in [6, 6.07) is 1.74. The molecule has 0 amide bonds. The number of rotatable bonds is 0. The largest absolute Gasteiger partial charge is 0.314 e. The summed E-state index contributed by atoms with van der Waals surface area (Å²) in [7, 11) is 4.64. The highest BCUT2D eigenvalue weighted by Gasteiger charge is 2.37. The maximum absolute atomic E-state index is 3.37. The number of likely N-dealkylation sites (N-methyl/N-ethyl adjacent to an activating group) is 1. The molecule has 2 nitrogen and oxygen atoms in total. The summed E-state index contributed by atoms with van der Waals surface area (Å²) in [4.78, 5) is 2.47. The van der Waals surface area contributed by atoms with E-state index in [-0.39, 0.29) is 0 Å². The van der Waals surface area contributed by atoms with Crippen molar-refractivity contribution in [3.63, 3.8) is 0 Å². The fourth-order valence-corrected chi connectivity index (χ4v) is 1.68. The molecule has 74 valence electrons. The highest BCUT2D eigenvalue weighted by molar-refractivity contribution is 7.15. The van der Waals surface area contributed by atoms with Crippen LogP contribution in [0.1, 0.15) is 20.3 Å². The van der Waals surface area contributed by atoms with E-state index in [0.717, 1.165) is 12.1 Å². The lowest BCUT2D eigenvalue weighted by Crippen LogP contribution is -2.66. The van der Waals surface area contributed by atoms with Gasteiger partial charge in [0.05, 0.1) is 0 Å². The van der Waals surface area contributed by atoms with E-state index in [0.29, 0.717) is 0 Å². The molecule has 1 N–H and O–H groups in total. The van der Waals surface area contributed by atoms with Crippen LogP contribution in [0.5, 0.6) is 0 Å². The van der Waals surface area contributed by atoms with Crippen LogP contribution < -0.4 is 5.32 Å². The third-order valence-corrected chi connectivity index (χ3v) is 2.46. The van der Waals surface area contributed by atoms with Gasteiger partial charge in [-0.15, -0.1) is 9.24 Å². The van der Waals surface area contributed by atoms with E-state index in [9.17, 15) is 0 Å². The second kappa shape index (κ2) is 6.82. The summed E-state index contributed by atoms with van der Waals surface area (Å²) >= 11 is 0. The SMILES string of the molecule is CC.CN1C2CNCC1C2.CP. The van der Waals surface area contributed by atoms with Gasteiger partial charge in [0.25, 0.3) is 0 Å². The van der Waals surface area contributed by atoms with E-state index < -0.39 is 0 Å². The van der Waals surface area contributed by atoms with Gasteiger partial charge in [-0.3, -0.25) is 4.90 Å². The molecule has 0 aromatic heterocycles. The second-order valence-corrected chi connectivity index (χ2v) is 2.87. The average Bonchev–Trinajstić information content (AvgIpc) is 2.24. The van der Waals surface area contributed by atoms with Gasteiger partial charge in [0.2, 0.25) is 0 Å². The van der Waals surface area contributed by atoms with E-state index in [1.165, 1.54) is 19.5 Å². The van der Waals surface area contributed by atoms with Crippen LogP contribution in [-0.4, -0.2) is 43.8 Å². The Morgan fingerprint density at radius 2 is 1.58 bits per heavy atom. The summed E-state index contributed by atoms with van der Waals surface area (Å²) in [6.45, 7) is 8.35. The highest BCUT2D eigenvalue weighted by atomic mass is 31.0. The molecule has 3 heteroatoms. The van der Waals surface area contributed by atoms with Crippen molar-refractivity contribution in [1.29, 1.82) is 0 Å². The Bertz CT molecular complexity index is 94.7. The zero-order valence-corrected chi connectivity index (χ0v) is 9.96. The monoisotopic (exact) mass is 190 g/mol. The number of hydrogen-bond acceptors (Lipinski definition) is 2. The predicted molar refractivity (Wildman–Crippen MR) is 59.8 cm³/mol. The number of piperidine rings is 1. The van der Waals surface area contributed by atoms with Crippen molar-refractivity contribution in [3.05, 3.63) is 0 Å². The molecule has 2 bridgehead atoms. The summed E-state index contributed by atoms with van der Waals surface area (Å²) in [6.07, 6.45) is 1.43. The molecule has 3 aliphatic heterocycles. The van der Waals surface area contributed by atoms with E-state index in [2.05, 4.69) is 26.5 Å². The minimum absolute atomic E-state index is 0.869. The Labute approximate surface area is 79.3 Å². The van der Waals surface area contributed by atoms with Gasteiger partial charge in [-0.25, -0.2) is 0 Å². The van der Waals surface area contributed by atoms with Crippen molar-refractivity contribution in [2.24, 2.45) is 0 Å². The van der Waals surface area contributed by atoms with Crippen molar-refractivity contribution in [2.45, 2.75) is 32.4 Å². The zero-order chi connectivity index (χ0) is 9.56. The number of piperazine rings is 1. The summed E-state index contributed by atoms with van der Waals surface area (Å²) in [5.41, 5.74) is 0. The van der Waals surface area contributed by atoms with Gasteiger partial charge in [-0.2, -0.15) is 0 Å². The van der Waals surface area contributed by atoms with Gasteiger partial charge in [-0.05, 0) is 13.5 Å². The smallest absolute Gasteiger partial charge is 0.0236 e. The van der Waals surface area contributed by atoms with E-state index in [1.807, 2.05) is 20.5 Å². The molecule has 3 rings (SSSR count). The number of hydrogen-bond donors (Lipinski definition) is 1. The van der Waals surface area contributed by atoms with E-state index in [1.54, 1.807) is 0 Å². The third-order valence-electron chi connectivity index (χ3n) is 2.46. The minimum atomic E-state index is 0.869. The summed E-state index contributed by atoms with van der Waals surface area (Å²) in [5, 5.41) is 3.37. The first-order valence-corrected chi connectivity index (χ1v) is 6.04. The molecule has 0 spiro atoms. The molecule has 0 aromatic rings. The third kappa shape index (κ3) is 2.69. The Morgan fingerprint density at radius 1 is 1.17 bits per heavy atom. The first kappa shape index (κ1) is 12.3. The van der Waals surface area contributed by atoms with Crippen molar-refractivity contribution in [2.75, 3.05) is 26.8 Å². The standard InChI is InChI=1S/C6H12N2.C2H6.CH5P/c1-8-5-2-6(8)4-7-3-5;2*1-2/h5-7H,2-4H2,1H3;1-2H3;2H2,1H3. The molecule has 3 saturated heterocycles. The lowest BCUT2D eigenvalue weighted by molar-refractivity contribution is 0.0125. The van der Waals surface area contributed by atoms with Crippen LogP contribution in [0, 0.1) is 0 Å². The minimum Gasteiger partial charge on any atom is -0.314 e. The van der Waals surface area contributed by atoms with Crippen molar-refractivity contribution in [1.82, 2.24) is 10.2 Å². The molecular weight excluding hydrogens is 167 g/mol. The maximum atomic E-state index is 3.37. The van der Waals surface area contributed by atoms with Gasteiger partial charge in [0, 0.05) is 25.2 Å². The fraction of sp³-hybridized carbons (Fsp3) is 1.00. The van der Waals surface area contributed by atoms with Gasteiger partial charge in [0.15, 0.2) is 0 Å². The predicted octanol–water partition coefficient (Wildman–Crippen LogP) is 1.18. The molecule has 12 heavy (non-hydrogen) atoms. The summed E-state index contributed by atoms with van der Waals surface area (Å²) < 4.78 is 0. The maximum Gasteiger partial charge on any atom is 0.0236 e. The van der Waals surface area contributed by atoms with E-state index >= 15 is 0 Å². The van der Waals surface area contributed by atoms with Crippen LogP contribution in [0.2, 0.25) is 0 Å². The topological polar surface area (TPSA) is 15.3 Å². The number of nitrogens with one attached hydrogen (secondary N) is 1. The average molecular weight is 190 g/mol. The second-order valence-electron chi connectivity index (χ2n) is 2.87. The zero-order valence-electron chi connectivity index (χ0n) is 8.80. The van der Waals surface area contributed by atoms with Gasteiger partial charge >= 0.3 is 0 Å². The Hall–Kier alpha value is 0.350. The number of fused-ring (bicyclic) bond motifs is 2. The van der Waals surface area contributed by atoms with Crippen molar-refractivity contribution < 1.29 is 0 Å². The molecule has 3 aliphatic rings.